The number of fused-ring (bicyclic) bond motifs is 1. The third kappa shape index (κ3) is 2.90. The Balaban J connectivity index is 1.90. The highest BCUT2D eigenvalue weighted by atomic mass is 35.5. The molecule has 0 aliphatic heterocycles. The van der Waals surface area contributed by atoms with Gasteiger partial charge in [-0.2, -0.15) is 4.98 Å². The first-order chi connectivity index (χ1) is 10.1. The number of rotatable bonds is 3. The second-order valence-electron chi connectivity index (χ2n) is 4.22. The van der Waals surface area contributed by atoms with Crippen LogP contribution in [-0.4, -0.2) is 16.1 Å². The zero-order valence-corrected chi connectivity index (χ0v) is 11.3. The molecule has 0 aliphatic rings. The van der Waals surface area contributed by atoms with Gasteiger partial charge in [0.15, 0.2) is 5.58 Å². The SMILES string of the molecule is O=[N+]([O-])c1cccc(C=Nc2nc3cc(Cl)ccc3o2)c1. The summed E-state index contributed by atoms with van der Waals surface area (Å²) in [5.41, 5.74) is 1.77. The second kappa shape index (κ2) is 5.34. The summed E-state index contributed by atoms with van der Waals surface area (Å²) in [7, 11) is 0. The van der Waals surface area contributed by atoms with Crippen molar-refractivity contribution in [1.29, 1.82) is 0 Å². The van der Waals surface area contributed by atoms with Crippen molar-refractivity contribution in [3.05, 3.63) is 63.2 Å². The number of nitrogens with zero attached hydrogens (tertiary/aromatic N) is 3. The zero-order valence-electron chi connectivity index (χ0n) is 10.6. The fraction of sp³-hybridized carbons (Fsp3) is 0. The summed E-state index contributed by atoms with van der Waals surface area (Å²) >= 11 is 5.86. The summed E-state index contributed by atoms with van der Waals surface area (Å²) in [4.78, 5) is 18.5. The van der Waals surface area contributed by atoms with Crippen LogP contribution in [0.5, 0.6) is 0 Å². The van der Waals surface area contributed by atoms with Gasteiger partial charge >= 0.3 is 6.01 Å². The molecule has 0 aliphatic carbocycles. The van der Waals surface area contributed by atoms with Crippen LogP contribution in [-0.2, 0) is 0 Å². The Labute approximate surface area is 123 Å². The van der Waals surface area contributed by atoms with E-state index in [0.717, 1.165) is 0 Å². The monoisotopic (exact) mass is 301 g/mol. The summed E-state index contributed by atoms with van der Waals surface area (Å²) in [5, 5.41) is 11.3. The lowest BCUT2D eigenvalue weighted by molar-refractivity contribution is -0.384. The first kappa shape index (κ1) is 13.3. The van der Waals surface area contributed by atoms with Gasteiger partial charge in [-0.05, 0) is 23.8 Å². The molecule has 104 valence electrons. The van der Waals surface area contributed by atoms with Gasteiger partial charge in [-0.1, -0.05) is 23.7 Å². The molecule has 0 radical (unpaired) electrons. The number of hydrogen-bond donors (Lipinski definition) is 0. The highest BCUT2D eigenvalue weighted by Gasteiger charge is 2.06. The minimum Gasteiger partial charge on any atom is -0.422 e. The molecule has 0 amide bonds. The summed E-state index contributed by atoms with van der Waals surface area (Å²) in [6.45, 7) is 0. The number of aromatic nitrogens is 1. The summed E-state index contributed by atoms with van der Waals surface area (Å²) in [5.74, 6) is 0. The molecule has 3 aromatic rings. The maximum absolute atomic E-state index is 10.7. The van der Waals surface area contributed by atoms with Crippen LogP contribution in [0.15, 0.2) is 51.9 Å². The lowest BCUT2D eigenvalue weighted by Crippen LogP contribution is -1.89. The molecular formula is C14H8ClN3O3. The Morgan fingerprint density at radius 2 is 2.14 bits per heavy atom. The first-order valence-electron chi connectivity index (χ1n) is 5.96. The Bertz CT molecular complexity index is 858. The van der Waals surface area contributed by atoms with Crippen LogP contribution < -0.4 is 0 Å². The highest BCUT2D eigenvalue weighted by Crippen LogP contribution is 2.23. The number of oxazole rings is 1. The minimum atomic E-state index is -0.460. The standard InChI is InChI=1S/C14H8ClN3O3/c15-10-4-5-13-12(7-10)17-14(21-13)16-8-9-2-1-3-11(6-9)18(19)20/h1-8H. The van der Waals surface area contributed by atoms with Crippen LogP contribution in [0, 0.1) is 10.1 Å². The van der Waals surface area contributed by atoms with Gasteiger partial charge in [0.05, 0.1) is 4.92 Å². The molecule has 2 aromatic carbocycles. The van der Waals surface area contributed by atoms with Crippen molar-refractivity contribution in [3.63, 3.8) is 0 Å². The van der Waals surface area contributed by atoms with Crippen molar-refractivity contribution in [2.45, 2.75) is 0 Å². The molecule has 1 heterocycles. The second-order valence-corrected chi connectivity index (χ2v) is 4.66. The van der Waals surface area contributed by atoms with Crippen LogP contribution in [0.3, 0.4) is 0 Å². The number of non-ortho nitro benzene ring substituents is 1. The van der Waals surface area contributed by atoms with E-state index in [9.17, 15) is 10.1 Å². The van der Waals surface area contributed by atoms with Crippen LogP contribution in [0.25, 0.3) is 11.1 Å². The van der Waals surface area contributed by atoms with Gasteiger partial charge in [-0.25, -0.2) is 4.99 Å². The van der Waals surface area contributed by atoms with E-state index in [-0.39, 0.29) is 11.7 Å². The minimum absolute atomic E-state index is 0.00305. The highest BCUT2D eigenvalue weighted by molar-refractivity contribution is 6.31. The number of nitro benzene ring substituents is 1. The Hall–Kier alpha value is -2.73. The zero-order chi connectivity index (χ0) is 14.8. The molecule has 0 N–H and O–H groups in total. The predicted molar refractivity (Wildman–Crippen MR) is 79.4 cm³/mol. The lowest BCUT2D eigenvalue weighted by Gasteiger charge is -1.92. The largest absolute Gasteiger partial charge is 0.422 e. The van der Waals surface area contributed by atoms with Gasteiger partial charge in [-0.15, -0.1) is 0 Å². The Morgan fingerprint density at radius 1 is 1.29 bits per heavy atom. The third-order valence-electron chi connectivity index (χ3n) is 2.74. The van der Waals surface area contributed by atoms with Crippen molar-refractivity contribution in [1.82, 2.24) is 4.98 Å². The van der Waals surface area contributed by atoms with Gasteiger partial charge in [0.1, 0.15) is 5.52 Å². The van der Waals surface area contributed by atoms with E-state index >= 15 is 0 Å². The molecule has 3 rings (SSSR count). The summed E-state index contributed by atoms with van der Waals surface area (Å²) < 4.78 is 5.42. The van der Waals surface area contributed by atoms with Crippen molar-refractivity contribution in [3.8, 4) is 0 Å². The quantitative estimate of drug-likeness (QED) is 0.413. The molecule has 0 atom stereocenters. The smallest absolute Gasteiger partial charge is 0.322 e. The number of halogens is 1. The van der Waals surface area contributed by atoms with E-state index in [4.69, 9.17) is 16.0 Å². The van der Waals surface area contributed by atoms with Crippen molar-refractivity contribution in [2.75, 3.05) is 0 Å². The predicted octanol–water partition coefficient (Wildman–Crippen LogP) is 4.14. The van der Waals surface area contributed by atoms with Crippen molar-refractivity contribution >= 4 is 40.6 Å². The molecule has 6 nitrogen and oxygen atoms in total. The molecule has 0 unspecified atom stereocenters. The van der Waals surface area contributed by atoms with Crippen LogP contribution >= 0.6 is 11.6 Å². The van der Waals surface area contributed by atoms with Crippen molar-refractivity contribution < 1.29 is 9.34 Å². The van der Waals surface area contributed by atoms with E-state index < -0.39 is 4.92 Å². The molecule has 0 spiro atoms. The normalized spacial score (nSPS) is 11.3. The molecule has 0 saturated carbocycles. The van der Waals surface area contributed by atoms with E-state index in [2.05, 4.69) is 9.98 Å². The van der Waals surface area contributed by atoms with E-state index in [1.165, 1.54) is 18.3 Å². The number of aliphatic imine (C=N–C) groups is 1. The van der Waals surface area contributed by atoms with E-state index in [1.54, 1.807) is 30.3 Å². The summed E-state index contributed by atoms with van der Waals surface area (Å²) in [6.07, 6.45) is 1.46. The first-order valence-corrected chi connectivity index (χ1v) is 6.34. The average Bonchev–Trinajstić information content (AvgIpc) is 2.87. The molecule has 21 heavy (non-hydrogen) atoms. The van der Waals surface area contributed by atoms with E-state index in [0.29, 0.717) is 21.7 Å². The lowest BCUT2D eigenvalue weighted by atomic mass is 10.2. The van der Waals surface area contributed by atoms with Crippen LogP contribution in [0.2, 0.25) is 5.02 Å². The van der Waals surface area contributed by atoms with E-state index in [1.807, 2.05) is 0 Å². The number of hydrogen-bond acceptors (Lipinski definition) is 5. The number of nitro groups is 1. The van der Waals surface area contributed by atoms with Gasteiger partial charge in [0.25, 0.3) is 5.69 Å². The maximum atomic E-state index is 10.7. The summed E-state index contributed by atoms with van der Waals surface area (Å²) in [6, 6.07) is 11.4. The van der Waals surface area contributed by atoms with Gasteiger partial charge < -0.3 is 4.42 Å². The number of benzene rings is 2. The fourth-order valence-electron chi connectivity index (χ4n) is 1.79. The Morgan fingerprint density at radius 3 is 2.95 bits per heavy atom. The molecule has 1 aromatic heterocycles. The topological polar surface area (TPSA) is 81.5 Å². The molecule has 0 fully saturated rings. The fourth-order valence-corrected chi connectivity index (χ4v) is 1.96. The average molecular weight is 302 g/mol. The van der Waals surface area contributed by atoms with Crippen LogP contribution in [0.1, 0.15) is 5.56 Å². The Kier molecular flexibility index (Phi) is 3.37. The molecule has 0 saturated heterocycles. The maximum Gasteiger partial charge on any atom is 0.322 e. The van der Waals surface area contributed by atoms with Gasteiger partial charge in [0, 0.05) is 23.4 Å². The van der Waals surface area contributed by atoms with Gasteiger partial charge in [-0.3, -0.25) is 10.1 Å². The van der Waals surface area contributed by atoms with Crippen molar-refractivity contribution in [2.24, 2.45) is 4.99 Å². The molecule has 7 heteroatoms. The van der Waals surface area contributed by atoms with Gasteiger partial charge in [0.2, 0.25) is 0 Å². The molecular weight excluding hydrogens is 294 g/mol. The van der Waals surface area contributed by atoms with Crippen LogP contribution in [0.4, 0.5) is 11.7 Å². The third-order valence-corrected chi connectivity index (χ3v) is 2.98. The molecule has 0 bridgehead atoms.